The number of hydrogen-bond acceptors (Lipinski definition) is 5. The molecule has 0 bridgehead atoms. The van der Waals surface area contributed by atoms with Gasteiger partial charge in [-0.05, 0) is 12.8 Å². The molecule has 0 atom stereocenters. The number of nitrogens with one attached hydrogen (secondary N) is 1. The topological polar surface area (TPSA) is 85.3 Å². The van der Waals surface area contributed by atoms with Crippen molar-refractivity contribution in [2.75, 3.05) is 11.1 Å². The highest BCUT2D eigenvalue weighted by Gasteiger charge is 2.22. The molecule has 1 saturated carbocycles. The van der Waals surface area contributed by atoms with Crippen molar-refractivity contribution in [3.63, 3.8) is 0 Å². The van der Waals surface area contributed by atoms with Crippen molar-refractivity contribution in [3.05, 3.63) is 18.0 Å². The summed E-state index contributed by atoms with van der Waals surface area (Å²) in [5.41, 5.74) is 7.57. The number of carbonyl (C=O) groups is 1. The number of nitrogen functional groups attached to an aromatic ring is 1. The molecule has 0 unspecified atom stereocenters. The van der Waals surface area contributed by atoms with Gasteiger partial charge in [0.15, 0.2) is 11.9 Å². The van der Waals surface area contributed by atoms with Gasteiger partial charge in [-0.1, -0.05) is 0 Å². The maximum Gasteiger partial charge on any atom is 0.177 e. The van der Waals surface area contributed by atoms with Crippen molar-refractivity contribution in [1.82, 2.24) is 14.6 Å². The number of aldehydes is 1. The van der Waals surface area contributed by atoms with Crippen LogP contribution in [0.25, 0.3) is 5.65 Å². The van der Waals surface area contributed by atoms with E-state index in [9.17, 15) is 4.79 Å². The fourth-order valence-electron chi connectivity index (χ4n) is 1.64. The Labute approximate surface area is 91.5 Å². The Kier molecular flexibility index (Phi) is 1.82. The number of imidazole rings is 1. The molecule has 0 aliphatic heterocycles. The van der Waals surface area contributed by atoms with E-state index >= 15 is 0 Å². The van der Waals surface area contributed by atoms with Crippen molar-refractivity contribution in [2.24, 2.45) is 0 Å². The summed E-state index contributed by atoms with van der Waals surface area (Å²) in [5, 5.41) is 7.37. The van der Waals surface area contributed by atoms with Crippen molar-refractivity contribution in [1.29, 1.82) is 0 Å². The van der Waals surface area contributed by atoms with Crippen molar-refractivity contribution < 1.29 is 4.79 Å². The number of fused-ring (bicyclic) bond motifs is 1. The first-order valence-electron chi connectivity index (χ1n) is 5.14. The molecule has 1 aliphatic carbocycles. The third-order valence-electron chi connectivity index (χ3n) is 2.57. The summed E-state index contributed by atoms with van der Waals surface area (Å²) in [6.07, 6.45) is 4.53. The van der Waals surface area contributed by atoms with E-state index in [4.69, 9.17) is 5.73 Å². The molecule has 1 fully saturated rings. The lowest BCUT2D eigenvalue weighted by atomic mass is 10.4. The molecule has 6 heteroatoms. The molecule has 3 rings (SSSR count). The molecule has 0 aromatic carbocycles. The largest absolute Gasteiger partial charge is 0.382 e. The molecular weight excluding hydrogens is 206 g/mol. The molecule has 0 amide bonds. The van der Waals surface area contributed by atoms with Crippen LogP contribution in [-0.4, -0.2) is 26.9 Å². The van der Waals surface area contributed by atoms with E-state index in [-0.39, 0.29) is 0 Å². The van der Waals surface area contributed by atoms with Gasteiger partial charge in [-0.3, -0.25) is 4.79 Å². The van der Waals surface area contributed by atoms with E-state index in [1.54, 1.807) is 6.07 Å². The van der Waals surface area contributed by atoms with Crippen LogP contribution in [0.1, 0.15) is 23.3 Å². The Morgan fingerprint density at radius 3 is 3.06 bits per heavy atom. The van der Waals surface area contributed by atoms with Gasteiger partial charge in [0.1, 0.15) is 11.5 Å². The zero-order valence-electron chi connectivity index (χ0n) is 8.55. The maximum atomic E-state index is 10.8. The molecule has 2 aromatic rings. The minimum Gasteiger partial charge on any atom is -0.382 e. The number of nitrogens with two attached hydrogens (primary N) is 1. The van der Waals surface area contributed by atoms with Crippen LogP contribution in [0.3, 0.4) is 0 Å². The first-order chi connectivity index (χ1) is 7.78. The number of nitrogens with zero attached hydrogens (tertiary/aromatic N) is 3. The van der Waals surface area contributed by atoms with Crippen LogP contribution >= 0.6 is 0 Å². The summed E-state index contributed by atoms with van der Waals surface area (Å²) in [4.78, 5) is 14.9. The second-order valence-electron chi connectivity index (χ2n) is 3.94. The molecule has 82 valence electrons. The minimum absolute atomic E-state index is 0.372. The number of aromatic nitrogens is 3. The number of rotatable bonds is 3. The molecule has 2 heterocycles. The fourth-order valence-corrected chi connectivity index (χ4v) is 1.64. The SMILES string of the molecule is Nc1cc(NC2CC2)c2ncc(C=O)n2n1. The average molecular weight is 217 g/mol. The van der Waals surface area contributed by atoms with Crippen molar-refractivity contribution >= 4 is 23.4 Å². The molecule has 2 aromatic heterocycles. The molecule has 0 spiro atoms. The van der Waals surface area contributed by atoms with Crippen LogP contribution in [0.2, 0.25) is 0 Å². The predicted octanol–water partition coefficient (Wildman–Crippen LogP) is 0.698. The van der Waals surface area contributed by atoms with Crippen LogP contribution in [0.4, 0.5) is 11.5 Å². The molecule has 0 radical (unpaired) electrons. The third kappa shape index (κ3) is 1.39. The molecule has 16 heavy (non-hydrogen) atoms. The molecule has 6 nitrogen and oxygen atoms in total. The highest BCUT2D eigenvalue weighted by Crippen LogP contribution is 2.27. The predicted molar refractivity (Wildman–Crippen MR) is 59.4 cm³/mol. The summed E-state index contributed by atoms with van der Waals surface area (Å²) in [6.45, 7) is 0. The smallest absolute Gasteiger partial charge is 0.177 e. The first kappa shape index (κ1) is 9.14. The maximum absolute atomic E-state index is 10.8. The van der Waals surface area contributed by atoms with Crippen LogP contribution in [0, 0.1) is 0 Å². The van der Waals surface area contributed by atoms with E-state index in [1.165, 1.54) is 10.7 Å². The Bertz CT molecular complexity index is 558. The average Bonchev–Trinajstić information content (AvgIpc) is 2.96. The summed E-state index contributed by atoms with van der Waals surface area (Å²) < 4.78 is 1.47. The van der Waals surface area contributed by atoms with E-state index in [0.717, 1.165) is 18.5 Å². The second kappa shape index (κ2) is 3.19. The van der Waals surface area contributed by atoms with Crippen LogP contribution in [0.5, 0.6) is 0 Å². The van der Waals surface area contributed by atoms with E-state index in [2.05, 4.69) is 15.4 Å². The van der Waals surface area contributed by atoms with Crippen molar-refractivity contribution in [3.8, 4) is 0 Å². The van der Waals surface area contributed by atoms with Gasteiger partial charge < -0.3 is 11.1 Å². The highest BCUT2D eigenvalue weighted by atomic mass is 16.1. The normalized spacial score (nSPS) is 15.2. The lowest BCUT2D eigenvalue weighted by Crippen LogP contribution is -2.07. The minimum atomic E-state index is 0.372. The molecule has 3 N–H and O–H groups in total. The zero-order valence-corrected chi connectivity index (χ0v) is 8.55. The van der Waals surface area contributed by atoms with Gasteiger partial charge in [0, 0.05) is 12.1 Å². The monoisotopic (exact) mass is 217 g/mol. The van der Waals surface area contributed by atoms with Crippen molar-refractivity contribution in [2.45, 2.75) is 18.9 Å². The first-order valence-corrected chi connectivity index (χ1v) is 5.14. The Morgan fingerprint density at radius 2 is 2.38 bits per heavy atom. The Hall–Kier alpha value is -2.11. The second-order valence-corrected chi connectivity index (χ2v) is 3.94. The lowest BCUT2D eigenvalue weighted by Gasteiger charge is -2.06. The zero-order chi connectivity index (χ0) is 11.1. The summed E-state index contributed by atoms with van der Waals surface area (Å²) in [7, 11) is 0. The van der Waals surface area contributed by atoms with E-state index < -0.39 is 0 Å². The molecule has 1 aliphatic rings. The van der Waals surface area contributed by atoms with Gasteiger partial charge >= 0.3 is 0 Å². The van der Waals surface area contributed by atoms with Gasteiger partial charge in [0.2, 0.25) is 0 Å². The van der Waals surface area contributed by atoms with Crippen LogP contribution in [-0.2, 0) is 0 Å². The summed E-state index contributed by atoms with van der Waals surface area (Å²) in [6, 6.07) is 2.25. The van der Waals surface area contributed by atoms with E-state index in [0.29, 0.717) is 29.5 Å². The van der Waals surface area contributed by atoms with Gasteiger partial charge in [-0.25, -0.2) is 9.50 Å². The fraction of sp³-hybridized carbons (Fsp3) is 0.300. The lowest BCUT2D eigenvalue weighted by molar-refractivity contribution is 0.111. The highest BCUT2D eigenvalue weighted by molar-refractivity contribution is 5.78. The van der Waals surface area contributed by atoms with E-state index in [1.807, 2.05) is 0 Å². The quantitative estimate of drug-likeness (QED) is 0.739. The van der Waals surface area contributed by atoms with Gasteiger partial charge in [0.25, 0.3) is 0 Å². The van der Waals surface area contributed by atoms with Gasteiger partial charge in [0.05, 0.1) is 11.9 Å². The van der Waals surface area contributed by atoms with Crippen LogP contribution in [0.15, 0.2) is 12.3 Å². The summed E-state index contributed by atoms with van der Waals surface area (Å²) >= 11 is 0. The number of hydrogen-bond donors (Lipinski definition) is 2. The standard InChI is InChI=1S/C10H11N5O/c11-9-3-8(13-6-1-2-6)10-12-4-7(5-16)15(10)14-9/h3-6,13H,1-2H2,(H2,11,14). The molecular formula is C10H11N5O. The van der Waals surface area contributed by atoms with Crippen LogP contribution < -0.4 is 11.1 Å². The van der Waals surface area contributed by atoms with Gasteiger partial charge in [-0.15, -0.1) is 5.10 Å². The number of carbonyl (C=O) groups excluding carboxylic acids is 1. The number of anilines is 2. The Balaban J connectivity index is 2.17. The van der Waals surface area contributed by atoms with Gasteiger partial charge in [-0.2, -0.15) is 0 Å². The Morgan fingerprint density at radius 1 is 1.56 bits per heavy atom. The third-order valence-corrected chi connectivity index (χ3v) is 2.57. The molecule has 0 saturated heterocycles. The summed E-state index contributed by atoms with van der Waals surface area (Å²) in [5.74, 6) is 0.372.